The molecule has 0 heterocycles. The minimum Gasteiger partial charge on any atom is -0.550 e. The molecule has 2 aromatic rings. The number of anilines is 2. The summed E-state index contributed by atoms with van der Waals surface area (Å²) in [6.45, 7) is 0. The van der Waals surface area contributed by atoms with E-state index in [4.69, 9.17) is 23.2 Å². The average molecular weight is 432 g/mol. The van der Waals surface area contributed by atoms with Crippen molar-refractivity contribution >= 4 is 52.4 Å². The zero-order chi connectivity index (χ0) is 21.0. The van der Waals surface area contributed by atoms with Crippen molar-refractivity contribution in [1.82, 2.24) is 0 Å². The highest BCUT2D eigenvalue weighted by molar-refractivity contribution is 6.44. The summed E-state index contributed by atoms with van der Waals surface area (Å²) in [5.41, 5.74) is 0.799. The van der Waals surface area contributed by atoms with Gasteiger partial charge in [-0.3, -0.25) is 9.59 Å². The van der Waals surface area contributed by atoms with Crippen molar-refractivity contribution in [2.45, 2.75) is 12.8 Å². The number of carboxylic acids is 1. The van der Waals surface area contributed by atoms with E-state index in [0.29, 0.717) is 10.7 Å². The van der Waals surface area contributed by atoms with E-state index < -0.39 is 29.6 Å². The number of halogens is 2. The minimum absolute atomic E-state index is 0.202. The van der Waals surface area contributed by atoms with E-state index in [0.717, 1.165) is 0 Å². The Morgan fingerprint density at radius 1 is 0.862 bits per heavy atom. The van der Waals surface area contributed by atoms with Gasteiger partial charge in [0.05, 0.1) is 32.9 Å². The Morgan fingerprint density at radius 3 is 2.24 bits per heavy atom. The zero-order valence-corrected chi connectivity index (χ0v) is 16.7. The zero-order valence-electron chi connectivity index (χ0n) is 15.2. The van der Waals surface area contributed by atoms with Gasteiger partial charge >= 0.3 is 0 Å². The van der Waals surface area contributed by atoms with E-state index in [2.05, 4.69) is 10.6 Å². The van der Waals surface area contributed by atoms with Crippen molar-refractivity contribution in [2.24, 2.45) is 11.8 Å². The van der Waals surface area contributed by atoms with Crippen LogP contribution in [0.2, 0.25) is 10.0 Å². The molecule has 1 aliphatic rings. The summed E-state index contributed by atoms with van der Waals surface area (Å²) in [5.74, 6) is -3.93. The van der Waals surface area contributed by atoms with Crippen LogP contribution in [0.15, 0.2) is 54.6 Å². The Kier molecular flexibility index (Phi) is 6.56. The van der Waals surface area contributed by atoms with Crippen LogP contribution in [-0.2, 0) is 9.59 Å². The fourth-order valence-electron chi connectivity index (χ4n) is 3.17. The lowest BCUT2D eigenvalue weighted by Gasteiger charge is -2.28. The molecule has 0 saturated heterocycles. The number of carbonyl (C=O) groups is 3. The molecule has 0 spiro atoms. The second-order valence-electron chi connectivity index (χ2n) is 6.57. The number of hydrogen-bond acceptors (Lipinski definition) is 4. The molecule has 0 aliphatic heterocycles. The van der Waals surface area contributed by atoms with Gasteiger partial charge in [-0.2, -0.15) is 0 Å². The number of amides is 2. The van der Waals surface area contributed by atoms with Gasteiger partial charge < -0.3 is 20.5 Å². The lowest BCUT2D eigenvalue weighted by Crippen LogP contribution is -2.41. The predicted octanol–water partition coefficient (Wildman–Crippen LogP) is 3.52. The Bertz CT molecular complexity index is 990. The third-order valence-corrected chi connectivity index (χ3v) is 5.52. The van der Waals surface area contributed by atoms with Crippen molar-refractivity contribution in [3.63, 3.8) is 0 Å². The number of hydrogen-bond donors (Lipinski definition) is 2. The molecule has 2 amide bonds. The molecule has 2 N–H and O–H groups in total. The summed E-state index contributed by atoms with van der Waals surface area (Å²) in [7, 11) is 0. The number of para-hydroxylation sites is 1. The number of carbonyl (C=O) groups excluding carboxylic acids is 3. The number of rotatable bonds is 5. The number of carboxylic acid groups (broad SMARTS) is 1. The topological polar surface area (TPSA) is 98.3 Å². The smallest absolute Gasteiger partial charge is 0.257 e. The number of aliphatic carboxylic acids is 1. The van der Waals surface area contributed by atoms with Gasteiger partial charge in [-0.25, -0.2) is 0 Å². The molecule has 0 saturated carbocycles. The van der Waals surface area contributed by atoms with Crippen molar-refractivity contribution in [3.8, 4) is 0 Å². The molecule has 29 heavy (non-hydrogen) atoms. The van der Waals surface area contributed by atoms with E-state index in [1.54, 1.807) is 54.6 Å². The fourth-order valence-corrected chi connectivity index (χ4v) is 3.52. The number of benzene rings is 2. The summed E-state index contributed by atoms with van der Waals surface area (Å²) in [5, 5.41) is 17.2. The van der Waals surface area contributed by atoms with Gasteiger partial charge in [-0.15, -0.1) is 0 Å². The van der Waals surface area contributed by atoms with Gasteiger partial charge in [0, 0.05) is 11.9 Å². The van der Waals surface area contributed by atoms with Crippen LogP contribution in [0, 0.1) is 11.8 Å². The molecule has 0 unspecified atom stereocenters. The Hall–Kier alpha value is -2.83. The largest absolute Gasteiger partial charge is 0.550 e. The molecule has 6 nitrogen and oxygen atoms in total. The predicted molar refractivity (Wildman–Crippen MR) is 110 cm³/mol. The molecule has 0 bridgehead atoms. The third-order valence-electron chi connectivity index (χ3n) is 4.70. The first kappa shape index (κ1) is 20.9. The minimum atomic E-state index is -1.27. The second kappa shape index (κ2) is 9.11. The Labute approximate surface area is 177 Å². The van der Waals surface area contributed by atoms with E-state index in [1.807, 2.05) is 0 Å². The van der Waals surface area contributed by atoms with Gasteiger partial charge in [-0.05, 0) is 37.1 Å². The summed E-state index contributed by atoms with van der Waals surface area (Å²) in [6.07, 6.45) is 4.01. The second-order valence-corrected chi connectivity index (χ2v) is 7.35. The summed E-state index contributed by atoms with van der Waals surface area (Å²) in [6, 6.07) is 11.3. The van der Waals surface area contributed by atoms with Crippen molar-refractivity contribution < 1.29 is 19.5 Å². The maximum Gasteiger partial charge on any atom is 0.257 e. The van der Waals surface area contributed by atoms with Crippen LogP contribution in [0.25, 0.3) is 0 Å². The lowest BCUT2D eigenvalue weighted by molar-refractivity contribution is -0.313. The molecule has 150 valence electrons. The molecule has 0 fully saturated rings. The first-order valence-corrected chi connectivity index (χ1v) is 9.65. The SMILES string of the molecule is O=C(Nc1cccc(Cl)c1Cl)c1ccccc1NC(=O)[C@@H]1CC=CC[C@H]1C(=O)[O-]. The first-order valence-electron chi connectivity index (χ1n) is 8.89. The molecule has 8 heteroatoms. The summed E-state index contributed by atoms with van der Waals surface area (Å²) >= 11 is 12.1. The van der Waals surface area contributed by atoms with Gasteiger partial charge in [0.25, 0.3) is 5.91 Å². The molecule has 0 aromatic heterocycles. The van der Waals surface area contributed by atoms with E-state index in [9.17, 15) is 19.5 Å². The van der Waals surface area contributed by atoms with Crippen molar-refractivity contribution in [1.29, 1.82) is 0 Å². The van der Waals surface area contributed by atoms with Crippen molar-refractivity contribution in [2.75, 3.05) is 10.6 Å². The molecule has 0 radical (unpaired) electrons. The molecular formula is C21H17Cl2N2O4-. The van der Waals surface area contributed by atoms with E-state index >= 15 is 0 Å². The quantitative estimate of drug-likeness (QED) is 0.707. The van der Waals surface area contributed by atoms with Crippen LogP contribution < -0.4 is 15.7 Å². The first-order chi connectivity index (χ1) is 13.9. The molecule has 2 aromatic carbocycles. The van der Waals surface area contributed by atoms with Crippen LogP contribution in [0.1, 0.15) is 23.2 Å². The molecule has 1 aliphatic carbocycles. The normalized spacial score (nSPS) is 18.1. The van der Waals surface area contributed by atoms with Crippen LogP contribution in [0.3, 0.4) is 0 Å². The average Bonchev–Trinajstić information content (AvgIpc) is 2.71. The van der Waals surface area contributed by atoms with E-state index in [1.165, 1.54) is 0 Å². The Balaban J connectivity index is 1.80. The maximum absolute atomic E-state index is 12.7. The van der Waals surface area contributed by atoms with Crippen LogP contribution in [0.4, 0.5) is 11.4 Å². The molecule has 3 rings (SSSR count). The molecule has 2 atom stereocenters. The number of nitrogens with one attached hydrogen (secondary N) is 2. The van der Waals surface area contributed by atoms with Crippen LogP contribution >= 0.6 is 23.2 Å². The van der Waals surface area contributed by atoms with Crippen molar-refractivity contribution in [3.05, 3.63) is 70.2 Å². The molecular weight excluding hydrogens is 415 g/mol. The van der Waals surface area contributed by atoms with Gasteiger partial charge in [0.15, 0.2) is 0 Å². The standard InChI is InChI=1S/C21H18Cl2N2O4/c22-15-9-5-11-17(18(15)23)25-20(27)14-8-3-4-10-16(14)24-19(26)12-6-1-2-7-13(12)21(28)29/h1-5,8-13H,6-7H2,(H,24,26)(H,25,27)(H,28,29)/p-1/t12-,13-/m1/s1. The highest BCUT2D eigenvalue weighted by Crippen LogP contribution is 2.31. The van der Waals surface area contributed by atoms with E-state index in [-0.39, 0.29) is 29.1 Å². The maximum atomic E-state index is 12.7. The Morgan fingerprint density at radius 2 is 1.52 bits per heavy atom. The summed E-state index contributed by atoms with van der Waals surface area (Å²) < 4.78 is 0. The lowest BCUT2D eigenvalue weighted by atomic mass is 9.82. The monoisotopic (exact) mass is 431 g/mol. The van der Waals surface area contributed by atoms with Gasteiger partial charge in [-0.1, -0.05) is 53.6 Å². The van der Waals surface area contributed by atoms with Gasteiger partial charge in [0.2, 0.25) is 5.91 Å². The van der Waals surface area contributed by atoms with Crippen LogP contribution in [0.5, 0.6) is 0 Å². The highest BCUT2D eigenvalue weighted by atomic mass is 35.5. The fraction of sp³-hybridized carbons (Fsp3) is 0.190. The van der Waals surface area contributed by atoms with Gasteiger partial charge in [0.1, 0.15) is 0 Å². The number of allylic oxidation sites excluding steroid dienone is 2. The summed E-state index contributed by atoms with van der Waals surface area (Å²) in [4.78, 5) is 36.8. The van der Waals surface area contributed by atoms with Crippen LogP contribution in [-0.4, -0.2) is 17.8 Å². The third kappa shape index (κ3) is 4.78. The highest BCUT2D eigenvalue weighted by Gasteiger charge is 2.30.